The van der Waals surface area contributed by atoms with Gasteiger partial charge in [0.15, 0.2) is 0 Å². The van der Waals surface area contributed by atoms with Gasteiger partial charge >= 0.3 is 0 Å². The maximum Gasteiger partial charge on any atom is 0.243 e. The highest BCUT2D eigenvalue weighted by atomic mass is 35.5. The van der Waals surface area contributed by atoms with Crippen LogP contribution in [0.4, 0.5) is 0 Å². The number of hydrogen-bond donors (Lipinski definition) is 3. The summed E-state index contributed by atoms with van der Waals surface area (Å²) in [6.45, 7) is 5.10. The summed E-state index contributed by atoms with van der Waals surface area (Å²) in [5, 5.41) is 18.8. The molecule has 0 spiro atoms. The van der Waals surface area contributed by atoms with Crippen LogP contribution in [0.1, 0.15) is 37.4 Å². The van der Waals surface area contributed by atoms with Gasteiger partial charge in [-0.2, -0.15) is 0 Å². The number of morpholine rings is 1. The van der Waals surface area contributed by atoms with Crippen molar-refractivity contribution in [1.29, 1.82) is 0 Å². The highest BCUT2D eigenvalue weighted by Crippen LogP contribution is 2.26. The molecule has 1 unspecified atom stereocenters. The Morgan fingerprint density at radius 3 is 2.28 bits per heavy atom. The zero-order valence-electron chi connectivity index (χ0n) is 18.2. The normalized spacial score (nSPS) is 14.9. The number of rotatable bonds is 11. The first-order valence-corrected chi connectivity index (χ1v) is 10.9. The van der Waals surface area contributed by atoms with E-state index in [0.717, 1.165) is 55.3 Å². The van der Waals surface area contributed by atoms with E-state index in [-0.39, 0.29) is 18.8 Å². The molecule has 0 bridgehead atoms. The van der Waals surface area contributed by atoms with Crippen molar-refractivity contribution in [2.75, 3.05) is 39.5 Å². The molecule has 0 radical (unpaired) electrons. The Morgan fingerprint density at radius 2 is 1.66 bits per heavy atom. The zero-order valence-corrected chi connectivity index (χ0v) is 19.1. The van der Waals surface area contributed by atoms with Crippen molar-refractivity contribution >= 4 is 18.3 Å². The minimum absolute atomic E-state index is 0. The summed E-state index contributed by atoms with van der Waals surface area (Å²) < 4.78 is 11.2. The molecule has 1 amide bonds. The molecule has 3 N–H and O–H groups in total. The van der Waals surface area contributed by atoms with Gasteiger partial charge in [0, 0.05) is 26.1 Å². The summed E-state index contributed by atoms with van der Waals surface area (Å²) in [5.41, 5.74) is 4.65. The van der Waals surface area contributed by atoms with Crippen molar-refractivity contribution in [1.82, 2.24) is 10.4 Å². The number of halogens is 1. The molecule has 2 aromatic carbocycles. The molecule has 1 aliphatic rings. The number of benzene rings is 2. The first kappa shape index (κ1) is 26.1. The summed E-state index contributed by atoms with van der Waals surface area (Å²) in [6, 6.07) is 15.9. The maximum atomic E-state index is 11.0. The minimum atomic E-state index is -0.562. The van der Waals surface area contributed by atoms with E-state index in [1.165, 1.54) is 0 Å². The van der Waals surface area contributed by atoms with Crippen molar-refractivity contribution in [2.45, 2.75) is 31.8 Å². The number of carbonyl (C=O) groups is 1. The van der Waals surface area contributed by atoms with E-state index >= 15 is 0 Å². The van der Waals surface area contributed by atoms with Crippen LogP contribution in [-0.2, 0) is 9.53 Å². The van der Waals surface area contributed by atoms with Gasteiger partial charge in [-0.3, -0.25) is 14.9 Å². The van der Waals surface area contributed by atoms with Gasteiger partial charge in [-0.05, 0) is 41.7 Å². The van der Waals surface area contributed by atoms with E-state index in [0.29, 0.717) is 25.9 Å². The lowest BCUT2D eigenvalue weighted by Gasteiger charge is -2.26. The smallest absolute Gasteiger partial charge is 0.243 e. The average molecular weight is 465 g/mol. The Hall–Kier alpha value is -2.16. The number of hydroxylamine groups is 1. The fraction of sp³-hybridized carbons (Fsp3) is 0.458. The fourth-order valence-electron chi connectivity index (χ4n) is 3.60. The lowest BCUT2D eigenvalue weighted by atomic mass is 9.99. The van der Waals surface area contributed by atoms with Crippen LogP contribution in [0, 0.1) is 0 Å². The molecule has 8 heteroatoms. The SMILES string of the molecule is Cl.O=C(CCCCC(O)c1ccc(-c2ccc(OCCN3CCOCC3)cc2)cc1)NO. The van der Waals surface area contributed by atoms with E-state index in [2.05, 4.69) is 4.90 Å². The van der Waals surface area contributed by atoms with Crippen molar-refractivity contribution in [3.8, 4) is 16.9 Å². The number of nitrogens with zero attached hydrogens (tertiary/aromatic N) is 1. The molecule has 0 saturated carbocycles. The summed E-state index contributed by atoms with van der Waals surface area (Å²) >= 11 is 0. The highest BCUT2D eigenvalue weighted by molar-refractivity contribution is 5.85. The Bertz CT molecular complexity index is 795. The molecule has 32 heavy (non-hydrogen) atoms. The first-order valence-electron chi connectivity index (χ1n) is 10.9. The predicted molar refractivity (Wildman–Crippen MR) is 125 cm³/mol. The van der Waals surface area contributed by atoms with Crippen LogP contribution in [0.15, 0.2) is 48.5 Å². The minimum Gasteiger partial charge on any atom is -0.492 e. The van der Waals surface area contributed by atoms with E-state index in [1.807, 2.05) is 48.5 Å². The number of carbonyl (C=O) groups excluding carboxylic acids is 1. The molecular weight excluding hydrogens is 432 g/mol. The zero-order chi connectivity index (χ0) is 21.9. The maximum absolute atomic E-state index is 11.0. The van der Waals surface area contributed by atoms with Gasteiger partial charge in [-0.25, -0.2) is 5.48 Å². The van der Waals surface area contributed by atoms with Gasteiger partial charge in [0.25, 0.3) is 0 Å². The molecule has 1 saturated heterocycles. The highest BCUT2D eigenvalue weighted by Gasteiger charge is 2.10. The number of amides is 1. The van der Waals surface area contributed by atoms with Gasteiger partial charge in [0.05, 0.1) is 19.3 Å². The molecule has 7 nitrogen and oxygen atoms in total. The summed E-state index contributed by atoms with van der Waals surface area (Å²) in [5.74, 6) is 0.464. The quantitative estimate of drug-likeness (QED) is 0.267. The van der Waals surface area contributed by atoms with E-state index in [4.69, 9.17) is 14.7 Å². The lowest BCUT2D eigenvalue weighted by molar-refractivity contribution is -0.129. The van der Waals surface area contributed by atoms with Crippen LogP contribution in [0.2, 0.25) is 0 Å². The molecule has 1 aliphatic heterocycles. The number of aliphatic hydroxyl groups excluding tert-OH is 1. The first-order chi connectivity index (χ1) is 15.2. The molecule has 1 heterocycles. The molecule has 0 aliphatic carbocycles. The number of ether oxygens (including phenoxy) is 2. The van der Waals surface area contributed by atoms with Gasteiger partial charge in [-0.15, -0.1) is 12.4 Å². The van der Waals surface area contributed by atoms with E-state index in [1.54, 1.807) is 5.48 Å². The van der Waals surface area contributed by atoms with Crippen molar-refractivity contribution in [2.24, 2.45) is 0 Å². The molecule has 1 atom stereocenters. The van der Waals surface area contributed by atoms with Crippen LogP contribution in [0.5, 0.6) is 5.75 Å². The lowest BCUT2D eigenvalue weighted by Crippen LogP contribution is -2.38. The van der Waals surface area contributed by atoms with Gasteiger partial charge in [-0.1, -0.05) is 42.8 Å². The Morgan fingerprint density at radius 1 is 1.03 bits per heavy atom. The monoisotopic (exact) mass is 464 g/mol. The third-order valence-corrected chi connectivity index (χ3v) is 5.52. The number of unbranched alkanes of at least 4 members (excludes halogenated alkanes) is 1. The average Bonchev–Trinajstić information content (AvgIpc) is 2.83. The van der Waals surface area contributed by atoms with Crippen LogP contribution in [0.25, 0.3) is 11.1 Å². The van der Waals surface area contributed by atoms with Crippen LogP contribution in [0.3, 0.4) is 0 Å². The Kier molecular flexibility index (Phi) is 11.5. The fourth-order valence-corrected chi connectivity index (χ4v) is 3.60. The second-order valence-corrected chi connectivity index (χ2v) is 7.75. The van der Waals surface area contributed by atoms with Gasteiger partial charge in [0.1, 0.15) is 12.4 Å². The van der Waals surface area contributed by atoms with Crippen molar-refractivity contribution in [3.05, 3.63) is 54.1 Å². The summed E-state index contributed by atoms with van der Waals surface area (Å²) in [4.78, 5) is 13.3. The topological polar surface area (TPSA) is 91.3 Å². The molecule has 3 rings (SSSR count). The van der Waals surface area contributed by atoms with Crippen LogP contribution < -0.4 is 10.2 Å². The van der Waals surface area contributed by atoms with Crippen molar-refractivity contribution < 1.29 is 24.6 Å². The van der Waals surface area contributed by atoms with Crippen LogP contribution in [-0.4, -0.2) is 60.6 Å². The second-order valence-electron chi connectivity index (χ2n) is 7.75. The number of nitrogens with one attached hydrogen (secondary N) is 1. The van der Waals surface area contributed by atoms with Gasteiger partial charge < -0.3 is 14.6 Å². The summed E-state index contributed by atoms with van der Waals surface area (Å²) in [7, 11) is 0. The van der Waals surface area contributed by atoms with Crippen LogP contribution >= 0.6 is 12.4 Å². The largest absolute Gasteiger partial charge is 0.492 e. The third kappa shape index (κ3) is 8.41. The molecule has 2 aromatic rings. The molecule has 0 aromatic heterocycles. The Balaban J connectivity index is 0.00000363. The third-order valence-electron chi connectivity index (χ3n) is 5.52. The molecular formula is C24H33ClN2O5. The Labute approximate surface area is 195 Å². The van der Waals surface area contributed by atoms with Crippen molar-refractivity contribution in [3.63, 3.8) is 0 Å². The van der Waals surface area contributed by atoms with E-state index < -0.39 is 12.0 Å². The second kappa shape index (κ2) is 14.1. The predicted octanol–water partition coefficient (Wildman–Crippen LogP) is 3.59. The number of hydrogen-bond acceptors (Lipinski definition) is 6. The standard InChI is InChI=1S/C24H32N2O5.ClH/c27-23(3-1-2-4-24(28)25-29)21-7-5-19(6-8-21)20-9-11-22(12-10-20)31-18-15-26-13-16-30-17-14-26;/h5-12,23,27,29H,1-4,13-18H2,(H,25,28);1H. The number of aliphatic hydroxyl groups is 1. The van der Waals surface area contributed by atoms with E-state index in [9.17, 15) is 9.90 Å². The molecule has 1 fully saturated rings. The van der Waals surface area contributed by atoms with Gasteiger partial charge in [0.2, 0.25) is 5.91 Å². The summed E-state index contributed by atoms with van der Waals surface area (Å²) in [6.07, 6.45) is 1.61. The molecule has 176 valence electrons.